The van der Waals surface area contributed by atoms with Crippen molar-refractivity contribution in [2.75, 3.05) is 53.9 Å². The summed E-state index contributed by atoms with van der Waals surface area (Å²) in [6.45, 7) is 8.33. The smallest absolute Gasteiger partial charge is 0.0350 e. The molecule has 0 unspecified atom stereocenters. The molecule has 0 atom stereocenters. The highest BCUT2D eigenvalue weighted by Crippen LogP contribution is 2.11. The van der Waals surface area contributed by atoms with Crippen LogP contribution in [0.5, 0.6) is 0 Å². The van der Waals surface area contributed by atoms with Crippen LogP contribution in [-0.4, -0.2) is 74.6 Å². The molecule has 0 spiro atoms. The molecule has 0 radical (unpaired) electrons. The number of likely N-dealkylation sites (tertiary alicyclic amines) is 1. The second kappa shape index (κ2) is 4.94. The van der Waals surface area contributed by atoms with Crippen LogP contribution < -0.4 is 0 Å². The molecule has 1 fully saturated rings. The lowest BCUT2D eigenvalue weighted by Gasteiger charge is -2.43. The Morgan fingerprint density at radius 1 is 1.23 bits per heavy atom. The van der Waals surface area contributed by atoms with Crippen LogP contribution in [-0.2, 0) is 0 Å². The average molecular weight is 185 g/mol. The molecule has 1 aliphatic heterocycles. The summed E-state index contributed by atoms with van der Waals surface area (Å²) in [6, 6.07) is 0.815. The van der Waals surface area contributed by atoms with Gasteiger partial charge in [0.1, 0.15) is 0 Å². The van der Waals surface area contributed by atoms with E-state index in [4.69, 9.17) is 0 Å². The zero-order chi connectivity index (χ0) is 9.84. The molecule has 1 saturated heterocycles. The third kappa shape index (κ3) is 3.25. The summed E-state index contributed by atoms with van der Waals surface area (Å²) in [7, 11) is 6.47. The first-order valence-electron chi connectivity index (χ1n) is 5.20. The maximum Gasteiger partial charge on any atom is 0.0350 e. The molecule has 0 N–H and O–H groups in total. The van der Waals surface area contributed by atoms with Crippen molar-refractivity contribution < 1.29 is 0 Å². The highest BCUT2D eigenvalue weighted by Gasteiger charge is 2.27. The van der Waals surface area contributed by atoms with Crippen molar-refractivity contribution in [1.82, 2.24) is 14.7 Å². The van der Waals surface area contributed by atoms with Crippen molar-refractivity contribution in [3.63, 3.8) is 0 Å². The van der Waals surface area contributed by atoms with Crippen LogP contribution in [0.2, 0.25) is 0 Å². The molecular weight excluding hydrogens is 162 g/mol. The first kappa shape index (κ1) is 11.0. The molecule has 0 saturated carbocycles. The fraction of sp³-hybridized carbons (Fsp3) is 1.00. The van der Waals surface area contributed by atoms with Crippen molar-refractivity contribution in [1.29, 1.82) is 0 Å². The van der Waals surface area contributed by atoms with E-state index in [1.807, 2.05) is 0 Å². The molecule has 0 aliphatic carbocycles. The maximum absolute atomic E-state index is 2.58. The topological polar surface area (TPSA) is 9.72 Å². The summed E-state index contributed by atoms with van der Waals surface area (Å²) in [5.74, 6) is 0. The van der Waals surface area contributed by atoms with Gasteiger partial charge in [0, 0.05) is 32.2 Å². The van der Waals surface area contributed by atoms with Gasteiger partial charge in [-0.1, -0.05) is 6.92 Å². The van der Waals surface area contributed by atoms with Gasteiger partial charge >= 0.3 is 0 Å². The molecule has 1 rings (SSSR count). The number of likely N-dealkylation sites (N-methyl/N-ethyl adjacent to an activating group) is 3. The molecule has 0 amide bonds. The molecule has 13 heavy (non-hydrogen) atoms. The normalized spacial score (nSPS) is 19.8. The Hall–Kier alpha value is -0.120. The molecular formula is C10H23N3. The monoisotopic (exact) mass is 185 g/mol. The summed E-state index contributed by atoms with van der Waals surface area (Å²) in [6.07, 6.45) is 0. The standard InChI is InChI=1S/C10H23N3/c1-5-13(7-6-11(2)3)10-8-12(4)9-10/h10H,5-9H2,1-4H3. The average Bonchev–Trinajstić information content (AvgIpc) is 2.01. The summed E-state index contributed by atoms with van der Waals surface area (Å²) >= 11 is 0. The predicted molar refractivity (Wildman–Crippen MR) is 57.1 cm³/mol. The Labute approximate surface area is 82.3 Å². The Morgan fingerprint density at radius 3 is 2.23 bits per heavy atom. The minimum absolute atomic E-state index is 0.815. The molecule has 0 aromatic heterocycles. The van der Waals surface area contributed by atoms with Crippen LogP contribution in [0.1, 0.15) is 6.92 Å². The quantitative estimate of drug-likeness (QED) is 0.605. The van der Waals surface area contributed by atoms with Gasteiger partial charge in [-0.2, -0.15) is 0 Å². The van der Waals surface area contributed by atoms with Gasteiger partial charge in [0.05, 0.1) is 0 Å². The zero-order valence-corrected chi connectivity index (χ0v) is 9.45. The molecule has 0 bridgehead atoms. The number of hydrogen-bond acceptors (Lipinski definition) is 3. The number of hydrogen-bond donors (Lipinski definition) is 0. The minimum Gasteiger partial charge on any atom is -0.308 e. The molecule has 3 nitrogen and oxygen atoms in total. The maximum atomic E-state index is 2.58. The zero-order valence-electron chi connectivity index (χ0n) is 9.45. The highest BCUT2D eigenvalue weighted by atomic mass is 15.3. The van der Waals surface area contributed by atoms with Crippen LogP contribution in [0.25, 0.3) is 0 Å². The summed E-state index contributed by atoms with van der Waals surface area (Å²) in [4.78, 5) is 7.22. The van der Waals surface area contributed by atoms with Gasteiger partial charge in [-0.25, -0.2) is 0 Å². The van der Waals surface area contributed by atoms with E-state index in [-0.39, 0.29) is 0 Å². The van der Waals surface area contributed by atoms with E-state index in [2.05, 4.69) is 42.8 Å². The van der Waals surface area contributed by atoms with E-state index in [9.17, 15) is 0 Å². The third-order valence-electron chi connectivity index (χ3n) is 2.80. The molecule has 78 valence electrons. The van der Waals surface area contributed by atoms with E-state index < -0.39 is 0 Å². The SMILES string of the molecule is CCN(CCN(C)C)C1CN(C)C1. The third-order valence-corrected chi connectivity index (χ3v) is 2.80. The fourth-order valence-corrected chi connectivity index (χ4v) is 1.82. The van der Waals surface area contributed by atoms with E-state index in [1.165, 1.54) is 32.7 Å². The minimum atomic E-state index is 0.815. The van der Waals surface area contributed by atoms with Crippen molar-refractivity contribution in [2.24, 2.45) is 0 Å². The second-order valence-electron chi connectivity index (χ2n) is 4.31. The summed E-state index contributed by atoms with van der Waals surface area (Å²) in [5.41, 5.74) is 0. The van der Waals surface area contributed by atoms with Gasteiger partial charge in [0.2, 0.25) is 0 Å². The first-order chi connectivity index (χ1) is 6.13. The Balaban J connectivity index is 2.19. The Bertz CT molecular complexity index is 141. The lowest BCUT2D eigenvalue weighted by molar-refractivity contribution is 0.0520. The van der Waals surface area contributed by atoms with Crippen LogP contribution in [0.3, 0.4) is 0 Å². The lowest BCUT2D eigenvalue weighted by Crippen LogP contribution is -2.58. The van der Waals surface area contributed by atoms with Gasteiger partial charge in [-0.3, -0.25) is 4.90 Å². The van der Waals surface area contributed by atoms with E-state index in [1.54, 1.807) is 0 Å². The first-order valence-corrected chi connectivity index (χ1v) is 5.20. The van der Waals surface area contributed by atoms with Gasteiger partial charge in [0.25, 0.3) is 0 Å². The predicted octanol–water partition coefficient (Wildman–Crippen LogP) is 0.184. The molecule has 3 heteroatoms. The molecule has 1 aliphatic rings. The van der Waals surface area contributed by atoms with Gasteiger partial charge < -0.3 is 9.80 Å². The van der Waals surface area contributed by atoms with Crippen LogP contribution in [0.4, 0.5) is 0 Å². The van der Waals surface area contributed by atoms with Gasteiger partial charge in [0.15, 0.2) is 0 Å². The van der Waals surface area contributed by atoms with Crippen molar-refractivity contribution in [3.8, 4) is 0 Å². The van der Waals surface area contributed by atoms with Gasteiger partial charge in [-0.05, 0) is 27.7 Å². The van der Waals surface area contributed by atoms with Crippen LogP contribution in [0.15, 0.2) is 0 Å². The van der Waals surface area contributed by atoms with Crippen LogP contribution in [0, 0.1) is 0 Å². The molecule has 0 aromatic carbocycles. The van der Waals surface area contributed by atoms with Crippen LogP contribution >= 0.6 is 0 Å². The Kier molecular flexibility index (Phi) is 4.16. The van der Waals surface area contributed by atoms with Crippen molar-refractivity contribution in [3.05, 3.63) is 0 Å². The summed E-state index contributed by atoms with van der Waals surface area (Å²) in [5, 5.41) is 0. The number of rotatable bonds is 5. The highest BCUT2D eigenvalue weighted by molar-refractivity contribution is 4.85. The second-order valence-corrected chi connectivity index (χ2v) is 4.31. The van der Waals surface area contributed by atoms with Crippen molar-refractivity contribution in [2.45, 2.75) is 13.0 Å². The van der Waals surface area contributed by atoms with E-state index in [0.717, 1.165) is 6.04 Å². The van der Waals surface area contributed by atoms with E-state index in [0.29, 0.717) is 0 Å². The van der Waals surface area contributed by atoms with E-state index >= 15 is 0 Å². The molecule has 1 heterocycles. The largest absolute Gasteiger partial charge is 0.308 e. The summed E-state index contributed by atoms with van der Waals surface area (Å²) < 4.78 is 0. The van der Waals surface area contributed by atoms with Crippen molar-refractivity contribution >= 4 is 0 Å². The number of nitrogens with zero attached hydrogens (tertiary/aromatic N) is 3. The van der Waals surface area contributed by atoms with Gasteiger partial charge in [-0.15, -0.1) is 0 Å². The Morgan fingerprint density at radius 2 is 1.85 bits per heavy atom. The molecule has 0 aromatic rings. The lowest BCUT2D eigenvalue weighted by atomic mass is 10.1. The fourth-order valence-electron chi connectivity index (χ4n) is 1.82.